The summed E-state index contributed by atoms with van der Waals surface area (Å²) in [4.78, 5) is 12.3. The first-order chi connectivity index (χ1) is 11.9. The predicted octanol–water partition coefficient (Wildman–Crippen LogP) is 3.94. The number of carbonyl (C=O) groups is 1. The maximum absolute atomic E-state index is 12.3. The second-order valence-corrected chi connectivity index (χ2v) is 6.87. The quantitative estimate of drug-likeness (QED) is 0.784. The Balaban J connectivity index is 1.72. The Morgan fingerprint density at radius 1 is 1.08 bits per heavy atom. The summed E-state index contributed by atoms with van der Waals surface area (Å²) in [7, 11) is 0. The zero-order chi connectivity index (χ0) is 17.9. The third-order valence-electron chi connectivity index (χ3n) is 3.89. The van der Waals surface area contributed by atoms with Crippen molar-refractivity contribution in [2.45, 2.75) is 26.2 Å². The van der Waals surface area contributed by atoms with Crippen LogP contribution in [0.15, 0.2) is 54.7 Å². The molecule has 0 spiro atoms. The van der Waals surface area contributed by atoms with Crippen LogP contribution in [-0.4, -0.2) is 22.7 Å². The number of hydrogen-bond donors (Lipinski definition) is 1. The Morgan fingerprint density at radius 3 is 2.60 bits per heavy atom. The molecule has 0 radical (unpaired) electrons. The number of para-hydroxylation sites is 1. The fraction of sp³-hybridized carbons (Fsp3) is 0.250. The number of fused-ring (bicyclic) bond motifs is 1. The lowest BCUT2D eigenvalue weighted by Crippen LogP contribution is -2.23. The number of hydrogen-bond acceptors (Lipinski definition) is 4. The van der Waals surface area contributed by atoms with Crippen LogP contribution in [0, 0.1) is 0 Å². The fourth-order valence-corrected chi connectivity index (χ4v) is 2.67. The number of carbonyl (C=O) groups excluding carboxylic acids is 1. The fourth-order valence-electron chi connectivity index (χ4n) is 2.67. The molecule has 25 heavy (non-hydrogen) atoms. The van der Waals surface area contributed by atoms with Gasteiger partial charge in [0.2, 0.25) is 5.88 Å². The lowest BCUT2D eigenvalue weighted by Gasteiger charge is -2.23. The van der Waals surface area contributed by atoms with Crippen LogP contribution in [0.1, 0.15) is 26.3 Å². The molecule has 0 unspecified atom stereocenters. The molecule has 5 nitrogen and oxygen atoms in total. The number of ether oxygens (including phenoxy) is 1. The van der Waals surface area contributed by atoms with Crippen molar-refractivity contribution in [1.82, 2.24) is 10.2 Å². The summed E-state index contributed by atoms with van der Waals surface area (Å²) in [5.41, 5.74) is 1.81. The maximum atomic E-state index is 12.3. The monoisotopic (exact) mass is 335 g/mol. The van der Waals surface area contributed by atoms with E-state index in [1.807, 2.05) is 48.5 Å². The van der Waals surface area contributed by atoms with Crippen molar-refractivity contribution in [1.29, 1.82) is 0 Å². The Bertz CT molecular complexity index is 895. The molecule has 1 N–H and O–H groups in total. The highest BCUT2D eigenvalue weighted by atomic mass is 16.5. The summed E-state index contributed by atoms with van der Waals surface area (Å²) in [5.74, 6) is 0.129. The normalized spacial score (nSPS) is 11.3. The smallest absolute Gasteiger partial charge is 0.262 e. The largest absolute Gasteiger partial charge is 0.466 e. The van der Waals surface area contributed by atoms with E-state index in [4.69, 9.17) is 4.74 Å². The zero-order valence-electron chi connectivity index (χ0n) is 14.6. The van der Waals surface area contributed by atoms with E-state index in [1.165, 1.54) is 0 Å². The van der Waals surface area contributed by atoms with Gasteiger partial charge < -0.3 is 10.1 Å². The molecule has 128 valence electrons. The molecule has 3 aromatic rings. The van der Waals surface area contributed by atoms with Crippen molar-refractivity contribution in [2.75, 3.05) is 11.9 Å². The molecule has 1 amide bonds. The minimum absolute atomic E-state index is 0.0637. The lowest BCUT2D eigenvalue weighted by atomic mass is 9.86. The van der Waals surface area contributed by atoms with Crippen LogP contribution < -0.4 is 10.1 Å². The van der Waals surface area contributed by atoms with Gasteiger partial charge >= 0.3 is 0 Å². The van der Waals surface area contributed by atoms with Crippen molar-refractivity contribution < 1.29 is 9.53 Å². The van der Waals surface area contributed by atoms with Crippen LogP contribution in [0.3, 0.4) is 0 Å². The molecular weight excluding hydrogens is 314 g/mol. The first kappa shape index (κ1) is 16.9. The lowest BCUT2D eigenvalue weighted by molar-refractivity contribution is -0.118. The minimum Gasteiger partial charge on any atom is -0.466 e. The summed E-state index contributed by atoms with van der Waals surface area (Å²) >= 11 is 0. The molecule has 1 heterocycles. The molecule has 5 heteroatoms. The van der Waals surface area contributed by atoms with Crippen LogP contribution in [0.5, 0.6) is 5.88 Å². The number of anilines is 1. The van der Waals surface area contributed by atoms with Crippen LogP contribution in [0.25, 0.3) is 10.8 Å². The van der Waals surface area contributed by atoms with Crippen molar-refractivity contribution in [3.8, 4) is 5.88 Å². The van der Waals surface area contributed by atoms with Gasteiger partial charge in [0.15, 0.2) is 6.61 Å². The summed E-state index contributed by atoms with van der Waals surface area (Å²) < 4.78 is 5.59. The molecule has 0 saturated carbocycles. The van der Waals surface area contributed by atoms with Gasteiger partial charge in [0.05, 0.1) is 6.20 Å². The molecule has 0 fully saturated rings. The average Bonchev–Trinajstić information content (AvgIpc) is 2.59. The molecule has 3 rings (SSSR count). The Kier molecular flexibility index (Phi) is 4.65. The molecule has 0 aliphatic rings. The van der Waals surface area contributed by atoms with Crippen molar-refractivity contribution in [3.05, 3.63) is 60.3 Å². The van der Waals surface area contributed by atoms with Gasteiger partial charge in [-0.3, -0.25) is 4.79 Å². The van der Waals surface area contributed by atoms with Gasteiger partial charge in [-0.2, -0.15) is 5.10 Å². The van der Waals surface area contributed by atoms with E-state index < -0.39 is 0 Å². The number of rotatable bonds is 4. The van der Waals surface area contributed by atoms with Crippen LogP contribution in [-0.2, 0) is 10.2 Å². The van der Waals surface area contributed by atoms with Gasteiger partial charge in [0, 0.05) is 16.5 Å². The number of amides is 1. The van der Waals surface area contributed by atoms with E-state index in [0.717, 1.165) is 22.0 Å². The molecule has 0 aliphatic carbocycles. The van der Waals surface area contributed by atoms with Gasteiger partial charge in [-0.15, -0.1) is 5.10 Å². The second-order valence-electron chi connectivity index (χ2n) is 6.87. The number of benzene rings is 2. The van der Waals surface area contributed by atoms with E-state index in [9.17, 15) is 4.79 Å². The number of aromatic nitrogens is 2. The Hall–Kier alpha value is -2.95. The zero-order valence-corrected chi connectivity index (χ0v) is 14.6. The molecule has 0 bridgehead atoms. The summed E-state index contributed by atoms with van der Waals surface area (Å²) in [6.07, 6.45) is 1.67. The van der Waals surface area contributed by atoms with E-state index >= 15 is 0 Å². The highest BCUT2D eigenvalue weighted by molar-refractivity contribution is 5.93. The topological polar surface area (TPSA) is 64.1 Å². The van der Waals surface area contributed by atoms with Gasteiger partial charge in [-0.25, -0.2) is 0 Å². The standard InChI is InChI=1S/C20H21N3O2/c1-20(2,3)16-10-6-7-11-17(16)22-18(24)13-25-19-15-9-5-4-8-14(15)12-21-23-19/h4-12H,13H2,1-3H3,(H,22,24). The Morgan fingerprint density at radius 2 is 1.80 bits per heavy atom. The highest BCUT2D eigenvalue weighted by Crippen LogP contribution is 2.29. The van der Waals surface area contributed by atoms with E-state index in [0.29, 0.717) is 5.88 Å². The number of nitrogens with zero attached hydrogens (tertiary/aromatic N) is 2. The molecule has 0 aliphatic heterocycles. The second kappa shape index (κ2) is 6.89. The van der Waals surface area contributed by atoms with Gasteiger partial charge in [-0.1, -0.05) is 57.2 Å². The van der Waals surface area contributed by atoms with Crippen LogP contribution >= 0.6 is 0 Å². The third kappa shape index (κ3) is 3.94. The van der Waals surface area contributed by atoms with E-state index in [1.54, 1.807) is 6.20 Å². The highest BCUT2D eigenvalue weighted by Gasteiger charge is 2.18. The Labute approximate surface area is 147 Å². The SMILES string of the molecule is CC(C)(C)c1ccccc1NC(=O)COc1nncc2ccccc12. The van der Waals surface area contributed by atoms with Crippen LogP contribution in [0.2, 0.25) is 0 Å². The van der Waals surface area contributed by atoms with Crippen LogP contribution in [0.4, 0.5) is 5.69 Å². The summed E-state index contributed by atoms with van der Waals surface area (Å²) in [6, 6.07) is 15.4. The predicted molar refractivity (Wildman–Crippen MR) is 98.8 cm³/mol. The average molecular weight is 335 g/mol. The van der Waals surface area contributed by atoms with Gasteiger partial charge in [0.1, 0.15) is 0 Å². The van der Waals surface area contributed by atoms with E-state index in [-0.39, 0.29) is 17.9 Å². The molecule has 1 aromatic heterocycles. The molecule has 0 atom stereocenters. The first-order valence-electron chi connectivity index (χ1n) is 8.18. The van der Waals surface area contributed by atoms with E-state index in [2.05, 4.69) is 36.3 Å². The maximum Gasteiger partial charge on any atom is 0.262 e. The van der Waals surface area contributed by atoms with Crippen molar-refractivity contribution in [2.24, 2.45) is 0 Å². The molecule has 2 aromatic carbocycles. The number of nitrogens with one attached hydrogen (secondary N) is 1. The van der Waals surface area contributed by atoms with Gasteiger partial charge in [0.25, 0.3) is 5.91 Å². The first-order valence-corrected chi connectivity index (χ1v) is 8.18. The van der Waals surface area contributed by atoms with Gasteiger partial charge in [-0.05, 0) is 23.1 Å². The summed E-state index contributed by atoms with van der Waals surface area (Å²) in [5, 5.41) is 12.6. The third-order valence-corrected chi connectivity index (χ3v) is 3.89. The van der Waals surface area contributed by atoms with Crippen molar-refractivity contribution >= 4 is 22.4 Å². The molecular formula is C20H21N3O2. The minimum atomic E-state index is -0.230. The molecule has 0 saturated heterocycles. The van der Waals surface area contributed by atoms with Crippen molar-refractivity contribution in [3.63, 3.8) is 0 Å². The summed E-state index contributed by atoms with van der Waals surface area (Å²) in [6.45, 7) is 6.21.